The first kappa shape index (κ1) is 19.2. The highest BCUT2D eigenvalue weighted by Crippen LogP contribution is 2.41. The van der Waals surface area contributed by atoms with E-state index in [1.807, 2.05) is 26.0 Å². The van der Waals surface area contributed by atoms with E-state index in [2.05, 4.69) is 0 Å². The summed E-state index contributed by atoms with van der Waals surface area (Å²) in [6.07, 6.45) is -1.71. The smallest absolute Gasteiger partial charge is 0.339 e. The van der Waals surface area contributed by atoms with Crippen molar-refractivity contribution in [1.82, 2.24) is 0 Å². The van der Waals surface area contributed by atoms with Gasteiger partial charge in [0.15, 0.2) is 6.10 Å². The second-order valence-corrected chi connectivity index (χ2v) is 7.30. The Labute approximate surface area is 168 Å². The Morgan fingerprint density at radius 1 is 1.07 bits per heavy atom. The first-order valence-electron chi connectivity index (χ1n) is 9.40. The van der Waals surface area contributed by atoms with Crippen LogP contribution in [0.3, 0.4) is 0 Å². The highest BCUT2D eigenvalue weighted by molar-refractivity contribution is 5.95. The zero-order valence-electron chi connectivity index (χ0n) is 16.2. The van der Waals surface area contributed by atoms with Gasteiger partial charge in [-0.15, -0.1) is 0 Å². The van der Waals surface area contributed by atoms with Crippen molar-refractivity contribution in [3.63, 3.8) is 0 Å². The maximum Gasteiger partial charge on any atom is 0.339 e. The lowest BCUT2D eigenvalue weighted by Gasteiger charge is -2.19. The van der Waals surface area contributed by atoms with Crippen LogP contribution in [-0.4, -0.2) is 11.1 Å². The number of hydrogen-bond acceptors (Lipinski definition) is 4. The molecule has 29 heavy (non-hydrogen) atoms. The summed E-state index contributed by atoms with van der Waals surface area (Å²) in [6, 6.07) is 16.9. The van der Waals surface area contributed by atoms with Gasteiger partial charge in [-0.1, -0.05) is 42.0 Å². The van der Waals surface area contributed by atoms with Crippen LogP contribution in [0.25, 0.3) is 0 Å². The van der Waals surface area contributed by atoms with Crippen LogP contribution in [0.2, 0.25) is 0 Å². The number of fused-ring (bicyclic) bond motifs is 1. The normalized spacial score (nSPS) is 16.3. The molecule has 1 N–H and O–H groups in total. The number of halogens is 1. The van der Waals surface area contributed by atoms with E-state index in [0.29, 0.717) is 23.5 Å². The Bertz CT molecular complexity index is 1040. The van der Waals surface area contributed by atoms with Gasteiger partial charge in [-0.3, -0.25) is 0 Å². The Kier molecular flexibility index (Phi) is 5.07. The first-order chi connectivity index (χ1) is 13.9. The largest absolute Gasteiger partial charge is 0.489 e. The van der Waals surface area contributed by atoms with Crippen molar-refractivity contribution >= 4 is 5.97 Å². The molecule has 1 aliphatic heterocycles. The minimum absolute atomic E-state index is 0.285. The number of aliphatic hydroxyl groups excluding tert-OH is 1. The van der Waals surface area contributed by atoms with Crippen molar-refractivity contribution in [3.8, 4) is 5.75 Å². The number of carbonyl (C=O) groups is 1. The second kappa shape index (κ2) is 7.68. The molecule has 2 unspecified atom stereocenters. The predicted molar refractivity (Wildman–Crippen MR) is 106 cm³/mol. The van der Waals surface area contributed by atoms with E-state index in [9.17, 15) is 14.3 Å². The number of ether oxygens (including phenoxy) is 2. The van der Waals surface area contributed by atoms with E-state index in [1.54, 1.807) is 36.4 Å². The third-order valence-electron chi connectivity index (χ3n) is 5.08. The van der Waals surface area contributed by atoms with Crippen molar-refractivity contribution in [3.05, 3.63) is 99.9 Å². The molecule has 3 aromatic carbocycles. The number of rotatable bonds is 5. The Morgan fingerprint density at radius 3 is 2.45 bits per heavy atom. The van der Waals surface area contributed by atoms with E-state index < -0.39 is 18.2 Å². The van der Waals surface area contributed by atoms with Gasteiger partial charge in [0.05, 0.1) is 5.56 Å². The van der Waals surface area contributed by atoms with E-state index in [-0.39, 0.29) is 5.82 Å². The summed E-state index contributed by atoms with van der Waals surface area (Å²) in [5.74, 6) is -0.0618. The lowest BCUT2D eigenvalue weighted by molar-refractivity contribution is -0.0103. The van der Waals surface area contributed by atoms with Crippen LogP contribution in [0.5, 0.6) is 5.75 Å². The molecule has 0 amide bonds. The van der Waals surface area contributed by atoms with Crippen molar-refractivity contribution in [2.75, 3.05) is 0 Å². The first-order valence-corrected chi connectivity index (χ1v) is 9.40. The summed E-state index contributed by atoms with van der Waals surface area (Å²) in [5, 5.41) is 10.8. The summed E-state index contributed by atoms with van der Waals surface area (Å²) < 4.78 is 24.1. The van der Waals surface area contributed by atoms with Gasteiger partial charge in [-0.2, -0.15) is 0 Å². The molecule has 0 saturated carbocycles. The summed E-state index contributed by atoms with van der Waals surface area (Å²) in [4.78, 5) is 12.3. The molecule has 0 saturated heterocycles. The van der Waals surface area contributed by atoms with Crippen LogP contribution in [0.15, 0.2) is 60.7 Å². The van der Waals surface area contributed by atoms with E-state index in [4.69, 9.17) is 9.47 Å². The Hall–Kier alpha value is -3.18. The van der Waals surface area contributed by atoms with Gasteiger partial charge < -0.3 is 14.6 Å². The average molecular weight is 392 g/mol. The molecule has 0 bridgehead atoms. The maximum absolute atomic E-state index is 13.0. The van der Waals surface area contributed by atoms with Gasteiger partial charge in [-0.25, -0.2) is 9.18 Å². The van der Waals surface area contributed by atoms with E-state index >= 15 is 0 Å². The summed E-state index contributed by atoms with van der Waals surface area (Å²) in [6.45, 7) is 4.14. The summed E-state index contributed by atoms with van der Waals surface area (Å²) in [7, 11) is 0. The third-order valence-corrected chi connectivity index (χ3v) is 5.08. The number of aryl methyl sites for hydroxylation is 2. The van der Waals surface area contributed by atoms with Crippen LogP contribution in [-0.2, 0) is 11.3 Å². The molecule has 0 radical (unpaired) electrons. The monoisotopic (exact) mass is 392 g/mol. The summed E-state index contributed by atoms with van der Waals surface area (Å²) in [5.41, 5.74) is 4.61. The zero-order chi connectivity index (χ0) is 20.5. The molecule has 148 valence electrons. The molecular weight excluding hydrogens is 371 g/mol. The molecule has 4 rings (SSSR count). The standard InChI is InChI=1S/C24H21FO4/c1-14-11-15(2)21-20(12-14)23(29-24(21)27)22(26)17-5-9-19(10-6-17)28-13-16-3-7-18(25)8-4-16/h3-12,22-23,26H,13H2,1-2H3. The van der Waals surface area contributed by atoms with Crippen molar-refractivity contribution in [2.45, 2.75) is 32.7 Å². The Morgan fingerprint density at radius 2 is 1.76 bits per heavy atom. The van der Waals surface area contributed by atoms with Gasteiger partial charge in [0.25, 0.3) is 0 Å². The fourth-order valence-electron chi connectivity index (χ4n) is 3.66. The number of esters is 1. The number of carbonyl (C=O) groups excluding carboxylic acids is 1. The van der Waals surface area contributed by atoms with Crippen LogP contribution in [0.1, 0.15) is 50.4 Å². The van der Waals surface area contributed by atoms with E-state index in [1.165, 1.54) is 12.1 Å². The van der Waals surface area contributed by atoms with Crippen LogP contribution < -0.4 is 4.74 Å². The molecule has 0 fully saturated rings. The predicted octanol–water partition coefficient (Wildman–Crippen LogP) is 4.97. The number of aliphatic hydroxyl groups is 1. The molecule has 3 aromatic rings. The third kappa shape index (κ3) is 3.87. The lowest BCUT2D eigenvalue weighted by Crippen LogP contribution is -2.11. The van der Waals surface area contributed by atoms with Gasteiger partial charge in [0.1, 0.15) is 24.3 Å². The summed E-state index contributed by atoms with van der Waals surface area (Å²) >= 11 is 0. The molecule has 1 aliphatic rings. The van der Waals surface area contributed by atoms with Crippen LogP contribution in [0, 0.1) is 19.7 Å². The molecule has 5 heteroatoms. The van der Waals surface area contributed by atoms with Crippen LogP contribution >= 0.6 is 0 Å². The van der Waals surface area contributed by atoms with Crippen molar-refractivity contribution < 1.29 is 23.8 Å². The number of benzene rings is 3. The van der Waals surface area contributed by atoms with Crippen LogP contribution in [0.4, 0.5) is 4.39 Å². The highest BCUT2D eigenvalue weighted by atomic mass is 19.1. The molecule has 1 heterocycles. The van der Waals surface area contributed by atoms with Gasteiger partial charge in [-0.05, 0) is 54.8 Å². The minimum atomic E-state index is -0.979. The van der Waals surface area contributed by atoms with Gasteiger partial charge in [0.2, 0.25) is 0 Å². The molecular formula is C24H21FO4. The average Bonchev–Trinajstić information content (AvgIpc) is 3.04. The van der Waals surface area contributed by atoms with Crippen molar-refractivity contribution in [2.24, 2.45) is 0 Å². The SMILES string of the molecule is Cc1cc(C)c2c(c1)C(C(O)c1ccc(OCc3ccc(F)cc3)cc1)OC2=O. The number of hydrogen-bond donors (Lipinski definition) is 1. The molecule has 4 nitrogen and oxygen atoms in total. The van der Waals surface area contributed by atoms with Gasteiger partial charge in [0, 0.05) is 5.56 Å². The van der Waals surface area contributed by atoms with Crippen molar-refractivity contribution in [1.29, 1.82) is 0 Å². The number of cyclic esters (lactones) is 1. The molecule has 0 aliphatic carbocycles. The topological polar surface area (TPSA) is 55.8 Å². The zero-order valence-corrected chi connectivity index (χ0v) is 16.2. The fraction of sp³-hybridized carbons (Fsp3) is 0.208. The Balaban J connectivity index is 1.48. The maximum atomic E-state index is 13.0. The quantitative estimate of drug-likeness (QED) is 0.623. The van der Waals surface area contributed by atoms with Gasteiger partial charge >= 0.3 is 5.97 Å². The van der Waals surface area contributed by atoms with E-state index in [0.717, 1.165) is 22.3 Å². The lowest BCUT2D eigenvalue weighted by atomic mass is 9.93. The fourth-order valence-corrected chi connectivity index (χ4v) is 3.66. The second-order valence-electron chi connectivity index (χ2n) is 7.30. The molecule has 0 aromatic heterocycles. The highest BCUT2D eigenvalue weighted by Gasteiger charge is 2.37. The minimum Gasteiger partial charge on any atom is -0.489 e. The molecule has 0 spiro atoms. The molecule has 2 atom stereocenters.